The lowest BCUT2D eigenvalue weighted by Crippen LogP contribution is -2.13. The summed E-state index contributed by atoms with van der Waals surface area (Å²) in [5.41, 5.74) is 6.60. The molecule has 0 aliphatic heterocycles. The van der Waals surface area contributed by atoms with Crippen molar-refractivity contribution in [3.05, 3.63) is 11.3 Å². The van der Waals surface area contributed by atoms with Gasteiger partial charge in [-0.3, -0.25) is 0 Å². The van der Waals surface area contributed by atoms with Gasteiger partial charge in [0.05, 0.1) is 12.3 Å². The molecule has 1 aromatic rings. The van der Waals surface area contributed by atoms with Gasteiger partial charge < -0.3 is 19.9 Å². The molecule has 0 aromatic carbocycles. The summed E-state index contributed by atoms with van der Waals surface area (Å²) in [6.45, 7) is 3.56. The molecular formula is C11H18N2O4S. The second-order valence-corrected chi connectivity index (χ2v) is 4.41. The standard InChI is InChI=1S/C11H18N2O4S/c1-8-9(10(12)18-13-8)11(14)17-7-6-16-5-3-4-15-2/h3-7,12H2,1-2H3. The summed E-state index contributed by atoms with van der Waals surface area (Å²) in [7, 11) is 1.64. The number of esters is 1. The van der Waals surface area contributed by atoms with Gasteiger partial charge in [-0.1, -0.05) is 0 Å². The molecule has 0 spiro atoms. The Kier molecular flexibility index (Phi) is 6.63. The minimum atomic E-state index is -0.445. The molecule has 1 heterocycles. The molecule has 0 amide bonds. The number of nitrogens with zero attached hydrogens (tertiary/aromatic N) is 1. The first-order valence-electron chi connectivity index (χ1n) is 5.62. The SMILES string of the molecule is COCCCOCCOC(=O)c1c(C)nsc1N. The number of hydrogen-bond acceptors (Lipinski definition) is 7. The maximum Gasteiger partial charge on any atom is 0.343 e. The number of hydrogen-bond donors (Lipinski definition) is 1. The van der Waals surface area contributed by atoms with Gasteiger partial charge in [-0.15, -0.1) is 0 Å². The number of aromatic nitrogens is 1. The van der Waals surface area contributed by atoms with Crippen molar-refractivity contribution in [2.24, 2.45) is 0 Å². The fourth-order valence-corrected chi connectivity index (χ4v) is 1.96. The number of carbonyl (C=O) groups excluding carboxylic acids is 1. The van der Waals surface area contributed by atoms with Crippen LogP contribution in [0.1, 0.15) is 22.5 Å². The summed E-state index contributed by atoms with van der Waals surface area (Å²) in [5.74, 6) is -0.445. The highest BCUT2D eigenvalue weighted by Crippen LogP contribution is 2.21. The van der Waals surface area contributed by atoms with Crippen molar-refractivity contribution in [3.8, 4) is 0 Å². The Hall–Kier alpha value is -1.18. The summed E-state index contributed by atoms with van der Waals surface area (Å²) in [5, 5.41) is 0.388. The lowest BCUT2D eigenvalue weighted by atomic mass is 10.2. The first kappa shape index (κ1) is 14.9. The van der Waals surface area contributed by atoms with E-state index < -0.39 is 5.97 Å². The molecule has 0 saturated heterocycles. The number of nitrogen functional groups attached to an aromatic ring is 1. The lowest BCUT2D eigenvalue weighted by molar-refractivity contribution is 0.0288. The monoisotopic (exact) mass is 274 g/mol. The second kappa shape index (κ2) is 8.02. The summed E-state index contributed by atoms with van der Waals surface area (Å²) >= 11 is 1.09. The van der Waals surface area contributed by atoms with Gasteiger partial charge in [0.25, 0.3) is 0 Å². The van der Waals surface area contributed by atoms with Crippen molar-refractivity contribution < 1.29 is 19.0 Å². The average Bonchev–Trinajstić information content (AvgIpc) is 2.68. The van der Waals surface area contributed by atoms with Crippen LogP contribution in [-0.4, -0.2) is 43.9 Å². The van der Waals surface area contributed by atoms with Crippen LogP contribution in [-0.2, 0) is 14.2 Å². The molecule has 1 aromatic heterocycles. The first-order valence-corrected chi connectivity index (χ1v) is 6.39. The van der Waals surface area contributed by atoms with Gasteiger partial charge in [0.15, 0.2) is 0 Å². The van der Waals surface area contributed by atoms with Crippen LogP contribution < -0.4 is 5.73 Å². The molecule has 0 radical (unpaired) electrons. The third kappa shape index (κ3) is 4.59. The molecule has 0 saturated carbocycles. The summed E-state index contributed by atoms with van der Waals surface area (Å²) < 4.78 is 19.2. The highest BCUT2D eigenvalue weighted by Gasteiger charge is 2.17. The van der Waals surface area contributed by atoms with Gasteiger partial charge in [-0.2, -0.15) is 4.37 Å². The topological polar surface area (TPSA) is 83.7 Å². The molecule has 0 fully saturated rings. The molecule has 0 bridgehead atoms. The molecule has 2 N–H and O–H groups in total. The fraction of sp³-hybridized carbons (Fsp3) is 0.636. The number of carbonyl (C=O) groups is 1. The van der Waals surface area contributed by atoms with E-state index in [1.54, 1.807) is 14.0 Å². The van der Waals surface area contributed by atoms with E-state index in [-0.39, 0.29) is 6.61 Å². The van der Waals surface area contributed by atoms with Crippen molar-refractivity contribution in [2.75, 3.05) is 39.3 Å². The van der Waals surface area contributed by atoms with E-state index in [9.17, 15) is 4.79 Å². The Balaban J connectivity index is 2.18. The fourth-order valence-electron chi connectivity index (χ4n) is 1.31. The van der Waals surface area contributed by atoms with Crippen LogP contribution in [0.2, 0.25) is 0 Å². The smallest absolute Gasteiger partial charge is 0.343 e. The Morgan fingerprint density at radius 2 is 2.11 bits per heavy atom. The van der Waals surface area contributed by atoms with E-state index in [1.807, 2.05) is 0 Å². The van der Waals surface area contributed by atoms with Crippen LogP contribution in [0.3, 0.4) is 0 Å². The molecule has 0 aliphatic carbocycles. The minimum absolute atomic E-state index is 0.209. The van der Waals surface area contributed by atoms with Crippen molar-refractivity contribution in [1.29, 1.82) is 0 Å². The van der Waals surface area contributed by atoms with Gasteiger partial charge in [0.2, 0.25) is 0 Å². The van der Waals surface area contributed by atoms with Crippen molar-refractivity contribution in [1.82, 2.24) is 4.37 Å². The van der Waals surface area contributed by atoms with Gasteiger partial charge in [0.1, 0.15) is 17.2 Å². The van der Waals surface area contributed by atoms with E-state index in [0.29, 0.717) is 36.1 Å². The summed E-state index contributed by atoms with van der Waals surface area (Å²) in [6.07, 6.45) is 0.824. The molecule has 0 unspecified atom stereocenters. The zero-order chi connectivity index (χ0) is 13.4. The van der Waals surface area contributed by atoms with Crippen LogP contribution in [0.15, 0.2) is 0 Å². The molecule has 7 heteroatoms. The molecule has 102 valence electrons. The zero-order valence-corrected chi connectivity index (χ0v) is 11.4. The van der Waals surface area contributed by atoms with Crippen molar-refractivity contribution in [2.45, 2.75) is 13.3 Å². The highest BCUT2D eigenvalue weighted by molar-refractivity contribution is 7.10. The van der Waals surface area contributed by atoms with Crippen LogP contribution in [0.25, 0.3) is 0 Å². The summed E-state index contributed by atoms with van der Waals surface area (Å²) in [4.78, 5) is 11.7. The van der Waals surface area contributed by atoms with E-state index in [2.05, 4.69) is 4.37 Å². The molecule has 0 atom stereocenters. The van der Waals surface area contributed by atoms with Crippen LogP contribution in [0, 0.1) is 6.92 Å². The van der Waals surface area contributed by atoms with E-state index in [0.717, 1.165) is 18.0 Å². The Bertz CT molecular complexity index is 362. The van der Waals surface area contributed by atoms with E-state index >= 15 is 0 Å². The Morgan fingerprint density at radius 1 is 1.33 bits per heavy atom. The van der Waals surface area contributed by atoms with Gasteiger partial charge >= 0.3 is 5.97 Å². The molecular weight excluding hydrogens is 256 g/mol. The number of rotatable bonds is 8. The third-order valence-corrected chi connectivity index (χ3v) is 2.96. The zero-order valence-electron chi connectivity index (χ0n) is 10.6. The quantitative estimate of drug-likeness (QED) is 0.567. The Morgan fingerprint density at radius 3 is 2.72 bits per heavy atom. The maximum atomic E-state index is 11.7. The van der Waals surface area contributed by atoms with Crippen molar-refractivity contribution >= 4 is 22.5 Å². The number of ether oxygens (including phenoxy) is 3. The van der Waals surface area contributed by atoms with E-state index in [4.69, 9.17) is 19.9 Å². The largest absolute Gasteiger partial charge is 0.460 e. The second-order valence-electron chi connectivity index (χ2n) is 3.60. The van der Waals surface area contributed by atoms with E-state index in [1.165, 1.54) is 0 Å². The Labute approximate surface area is 110 Å². The lowest BCUT2D eigenvalue weighted by Gasteiger charge is -2.06. The average molecular weight is 274 g/mol. The molecule has 1 rings (SSSR count). The van der Waals surface area contributed by atoms with Gasteiger partial charge in [0, 0.05) is 20.3 Å². The molecule has 18 heavy (non-hydrogen) atoms. The predicted molar refractivity (Wildman–Crippen MR) is 68.9 cm³/mol. The predicted octanol–water partition coefficient (Wildman–Crippen LogP) is 1.24. The number of nitrogens with two attached hydrogens (primary N) is 1. The highest BCUT2D eigenvalue weighted by atomic mass is 32.1. The van der Waals surface area contributed by atoms with Gasteiger partial charge in [-0.05, 0) is 24.9 Å². The first-order chi connectivity index (χ1) is 8.66. The molecule has 6 nitrogen and oxygen atoms in total. The number of aryl methyl sites for hydroxylation is 1. The van der Waals surface area contributed by atoms with Gasteiger partial charge in [-0.25, -0.2) is 4.79 Å². The normalized spacial score (nSPS) is 10.6. The molecule has 0 aliphatic rings. The minimum Gasteiger partial charge on any atom is -0.460 e. The number of anilines is 1. The van der Waals surface area contributed by atoms with Crippen LogP contribution in [0.5, 0.6) is 0 Å². The van der Waals surface area contributed by atoms with Crippen LogP contribution in [0.4, 0.5) is 5.00 Å². The number of methoxy groups -OCH3 is 1. The maximum absolute atomic E-state index is 11.7. The third-order valence-electron chi connectivity index (χ3n) is 2.19. The van der Waals surface area contributed by atoms with Crippen molar-refractivity contribution in [3.63, 3.8) is 0 Å². The van der Waals surface area contributed by atoms with Crippen LogP contribution >= 0.6 is 11.5 Å². The summed E-state index contributed by atoms with van der Waals surface area (Å²) in [6, 6.07) is 0.